The second-order valence-electron chi connectivity index (χ2n) is 6.57. The molecule has 0 aromatic rings. The largest absolute Gasteiger partial charge is 0.481 e. The molecule has 2 atom stereocenters. The van der Waals surface area contributed by atoms with Gasteiger partial charge in [0, 0.05) is 19.5 Å². The number of piperidine rings is 1. The standard InChI is InChI=1S/C14H26N2O3/c1-14(2,3)12(15)13(19)16-8-4-5-10(9-16)6-7-11(17)18/h10,12H,4-9,15H2,1-3H3,(H,17,18)/t10?,12-/m1/s1. The maximum absolute atomic E-state index is 12.3. The zero-order valence-corrected chi connectivity index (χ0v) is 12.2. The normalized spacial score (nSPS) is 22.1. The average molecular weight is 270 g/mol. The molecule has 5 nitrogen and oxygen atoms in total. The van der Waals surface area contributed by atoms with Crippen LogP contribution in [-0.2, 0) is 9.59 Å². The SMILES string of the molecule is CC(C)(C)[C@H](N)C(=O)N1CCCC(CCC(=O)O)C1. The van der Waals surface area contributed by atoms with Crippen molar-refractivity contribution in [3.8, 4) is 0 Å². The summed E-state index contributed by atoms with van der Waals surface area (Å²) < 4.78 is 0. The molecule has 1 saturated heterocycles. The summed E-state index contributed by atoms with van der Waals surface area (Å²) in [6.07, 6.45) is 2.76. The van der Waals surface area contributed by atoms with E-state index in [2.05, 4.69) is 0 Å². The summed E-state index contributed by atoms with van der Waals surface area (Å²) in [5.41, 5.74) is 5.76. The van der Waals surface area contributed by atoms with Gasteiger partial charge in [-0.2, -0.15) is 0 Å². The van der Waals surface area contributed by atoms with E-state index in [0.717, 1.165) is 19.4 Å². The number of carboxylic acids is 1. The first-order valence-corrected chi connectivity index (χ1v) is 6.98. The molecule has 1 aliphatic heterocycles. The first-order valence-electron chi connectivity index (χ1n) is 6.98. The topological polar surface area (TPSA) is 83.6 Å². The summed E-state index contributed by atoms with van der Waals surface area (Å²) in [5, 5.41) is 8.71. The van der Waals surface area contributed by atoms with E-state index < -0.39 is 12.0 Å². The zero-order valence-electron chi connectivity index (χ0n) is 12.2. The summed E-state index contributed by atoms with van der Waals surface area (Å²) in [4.78, 5) is 24.7. The molecule has 1 unspecified atom stereocenters. The van der Waals surface area contributed by atoms with E-state index >= 15 is 0 Å². The fraction of sp³-hybridized carbons (Fsp3) is 0.857. The lowest BCUT2D eigenvalue weighted by molar-refractivity contribution is -0.137. The van der Waals surface area contributed by atoms with Crippen LogP contribution in [0.5, 0.6) is 0 Å². The first kappa shape index (κ1) is 16.0. The molecule has 5 heteroatoms. The quantitative estimate of drug-likeness (QED) is 0.810. The van der Waals surface area contributed by atoms with Crippen molar-refractivity contribution in [1.82, 2.24) is 4.90 Å². The minimum Gasteiger partial charge on any atom is -0.481 e. The highest BCUT2D eigenvalue weighted by atomic mass is 16.4. The third-order valence-electron chi connectivity index (χ3n) is 3.80. The van der Waals surface area contributed by atoms with Crippen LogP contribution in [0.2, 0.25) is 0 Å². The maximum atomic E-state index is 12.3. The number of carbonyl (C=O) groups excluding carboxylic acids is 1. The lowest BCUT2D eigenvalue weighted by atomic mass is 9.85. The van der Waals surface area contributed by atoms with Crippen molar-refractivity contribution in [2.75, 3.05) is 13.1 Å². The van der Waals surface area contributed by atoms with E-state index in [1.165, 1.54) is 0 Å². The zero-order chi connectivity index (χ0) is 14.6. The number of hydrogen-bond acceptors (Lipinski definition) is 3. The second kappa shape index (κ2) is 6.37. The molecule has 0 aromatic carbocycles. The summed E-state index contributed by atoms with van der Waals surface area (Å²) >= 11 is 0. The third-order valence-corrected chi connectivity index (χ3v) is 3.80. The van der Waals surface area contributed by atoms with Gasteiger partial charge in [0.2, 0.25) is 5.91 Å². The van der Waals surface area contributed by atoms with Crippen LogP contribution in [-0.4, -0.2) is 41.0 Å². The predicted octanol–water partition coefficient (Wildman–Crippen LogP) is 1.46. The van der Waals surface area contributed by atoms with Gasteiger partial charge in [0.15, 0.2) is 0 Å². The van der Waals surface area contributed by atoms with Crippen LogP contribution in [0.25, 0.3) is 0 Å². The Bertz CT molecular complexity index is 336. The Kier molecular flexibility index (Phi) is 5.35. The third kappa shape index (κ3) is 4.82. The van der Waals surface area contributed by atoms with Gasteiger partial charge in [0.1, 0.15) is 0 Å². The van der Waals surface area contributed by atoms with Crippen LogP contribution in [0, 0.1) is 11.3 Å². The van der Waals surface area contributed by atoms with E-state index in [-0.39, 0.29) is 17.7 Å². The van der Waals surface area contributed by atoms with Crippen LogP contribution in [0.4, 0.5) is 0 Å². The van der Waals surface area contributed by atoms with Crippen molar-refractivity contribution < 1.29 is 14.7 Å². The van der Waals surface area contributed by atoms with Crippen molar-refractivity contribution in [1.29, 1.82) is 0 Å². The number of nitrogens with zero attached hydrogens (tertiary/aromatic N) is 1. The van der Waals surface area contributed by atoms with Crippen molar-refractivity contribution in [2.24, 2.45) is 17.1 Å². The van der Waals surface area contributed by atoms with E-state index in [1.54, 1.807) is 0 Å². The van der Waals surface area contributed by atoms with E-state index in [9.17, 15) is 9.59 Å². The van der Waals surface area contributed by atoms with E-state index in [0.29, 0.717) is 18.9 Å². The van der Waals surface area contributed by atoms with Gasteiger partial charge < -0.3 is 15.7 Å². The molecule has 0 saturated carbocycles. The molecule has 0 bridgehead atoms. The van der Waals surface area contributed by atoms with Crippen LogP contribution in [0.1, 0.15) is 46.5 Å². The van der Waals surface area contributed by atoms with Gasteiger partial charge in [-0.25, -0.2) is 0 Å². The lowest BCUT2D eigenvalue weighted by Crippen LogP contribution is -2.52. The molecule has 1 aliphatic rings. The fourth-order valence-corrected chi connectivity index (χ4v) is 2.40. The summed E-state index contributed by atoms with van der Waals surface area (Å²) in [7, 11) is 0. The average Bonchev–Trinajstić information content (AvgIpc) is 2.33. The molecule has 1 amide bonds. The number of amides is 1. The Morgan fingerprint density at radius 2 is 2.05 bits per heavy atom. The summed E-state index contributed by atoms with van der Waals surface area (Å²) in [6.45, 7) is 7.27. The van der Waals surface area contributed by atoms with Gasteiger partial charge in [-0.3, -0.25) is 9.59 Å². The number of carbonyl (C=O) groups is 2. The molecule has 1 rings (SSSR count). The minimum atomic E-state index is -0.769. The van der Waals surface area contributed by atoms with Crippen LogP contribution in [0.15, 0.2) is 0 Å². The van der Waals surface area contributed by atoms with Crippen molar-refractivity contribution in [2.45, 2.75) is 52.5 Å². The number of hydrogen-bond donors (Lipinski definition) is 2. The number of rotatable bonds is 4. The Labute approximate surface area is 115 Å². The molecule has 1 heterocycles. The van der Waals surface area contributed by atoms with Crippen LogP contribution in [0.3, 0.4) is 0 Å². The smallest absolute Gasteiger partial charge is 0.303 e. The van der Waals surface area contributed by atoms with Crippen molar-refractivity contribution in [3.05, 3.63) is 0 Å². The van der Waals surface area contributed by atoms with E-state index in [1.807, 2.05) is 25.7 Å². The number of nitrogens with two attached hydrogens (primary N) is 1. The fourth-order valence-electron chi connectivity index (χ4n) is 2.40. The van der Waals surface area contributed by atoms with Gasteiger partial charge in [0.25, 0.3) is 0 Å². The summed E-state index contributed by atoms with van der Waals surface area (Å²) in [6, 6.07) is -0.495. The molecular weight excluding hydrogens is 244 g/mol. The molecule has 19 heavy (non-hydrogen) atoms. The lowest BCUT2D eigenvalue weighted by Gasteiger charge is -2.37. The highest BCUT2D eigenvalue weighted by Crippen LogP contribution is 2.24. The molecule has 0 radical (unpaired) electrons. The maximum Gasteiger partial charge on any atom is 0.303 e. The van der Waals surface area contributed by atoms with Crippen LogP contribution < -0.4 is 5.73 Å². The second-order valence-corrected chi connectivity index (χ2v) is 6.57. The van der Waals surface area contributed by atoms with Crippen LogP contribution >= 0.6 is 0 Å². The Morgan fingerprint density at radius 3 is 2.58 bits per heavy atom. The molecule has 3 N–H and O–H groups in total. The number of aliphatic carboxylic acids is 1. The Hall–Kier alpha value is -1.10. The van der Waals surface area contributed by atoms with Gasteiger partial charge in [0.05, 0.1) is 6.04 Å². The molecule has 0 spiro atoms. The van der Waals surface area contributed by atoms with Gasteiger partial charge in [-0.15, -0.1) is 0 Å². The molecular formula is C14H26N2O3. The van der Waals surface area contributed by atoms with Gasteiger partial charge in [-0.05, 0) is 30.6 Å². The first-order chi connectivity index (χ1) is 8.71. The Morgan fingerprint density at radius 1 is 1.42 bits per heavy atom. The molecule has 1 fully saturated rings. The Balaban J connectivity index is 2.54. The molecule has 110 valence electrons. The summed E-state index contributed by atoms with van der Waals surface area (Å²) in [5.74, 6) is -0.483. The highest BCUT2D eigenvalue weighted by Gasteiger charge is 2.33. The molecule has 0 aromatic heterocycles. The number of likely N-dealkylation sites (tertiary alicyclic amines) is 1. The van der Waals surface area contributed by atoms with Gasteiger partial charge >= 0.3 is 5.97 Å². The van der Waals surface area contributed by atoms with Gasteiger partial charge in [-0.1, -0.05) is 20.8 Å². The van der Waals surface area contributed by atoms with Crippen molar-refractivity contribution in [3.63, 3.8) is 0 Å². The predicted molar refractivity (Wildman–Crippen MR) is 73.6 cm³/mol. The minimum absolute atomic E-state index is 0.00692. The van der Waals surface area contributed by atoms with E-state index in [4.69, 9.17) is 10.8 Å². The monoisotopic (exact) mass is 270 g/mol. The number of carboxylic acid groups (broad SMARTS) is 1. The molecule has 0 aliphatic carbocycles. The van der Waals surface area contributed by atoms with Crippen molar-refractivity contribution >= 4 is 11.9 Å². The highest BCUT2D eigenvalue weighted by molar-refractivity contribution is 5.82.